The van der Waals surface area contributed by atoms with E-state index in [-0.39, 0.29) is 0 Å². The predicted molar refractivity (Wildman–Crippen MR) is 130 cm³/mol. The summed E-state index contributed by atoms with van der Waals surface area (Å²) in [7, 11) is 0. The fourth-order valence-electron chi connectivity index (χ4n) is 3.89. The third-order valence-electron chi connectivity index (χ3n) is 5.51. The predicted octanol–water partition coefficient (Wildman–Crippen LogP) is 6.57. The Morgan fingerprint density at radius 1 is 0.781 bits per heavy atom. The second-order valence-electron chi connectivity index (χ2n) is 7.89. The monoisotopic (exact) mass is 417 g/mol. The quantitative estimate of drug-likeness (QED) is 0.351. The molecule has 32 heavy (non-hydrogen) atoms. The Bertz CT molecular complexity index is 1380. The molecule has 2 aromatic heterocycles. The fourth-order valence-corrected chi connectivity index (χ4v) is 3.89. The van der Waals surface area contributed by atoms with Gasteiger partial charge in [0.1, 0.15) is 5.75 Å². The lowest BCUT2D eigenvalue weighted by Gasteiger charge is -2.12. The summed E-state index contributed by atoms with van der Waals surface area (Å²) in [6, 6.07) is 28.3. The van der Waals surface area contributed by atoms with Gasteiger partial charge in [-0.2, -0.15) is 0 Å². The van der Waals surface area contributed by atoms with Crippen molar-refractivity contribution in [2.24, 2.45) is 0 Å². The van der Waals surface area contributed by atoms with Crippen LogP contribution in [0.2, 0.25) is 0 Å². The number of fused-ring (bicyclic) bond motifs is 1. The summed E-state index contributed by atoms with van der Waals surface area (Å²) in [5.41, 5.74) is 13.7. The van der Waals surface area contributed by atoms with Gasteiger partial charge in [-0.3, -0.25) is 4.98 Å². The fraction of sp³-hybridized carbons (Fsp3) is 0.0714. The summed E-state index contributed by atoms with van der Waals surface area (Å²) in [4.78, 5) is 9.02. The summed E-state index contributed by atoms with van der Waals surface area (Å²) in [5, 5.41) is 1.06. The van der Waals surface area contributed by atoms with E-state index in [1.165, 1.54) is 11.1 Å². The molecule has 5 aromatic rings. The molecule has 0 unspecified atom stereocenters. The van der Waals surface area contributed by atoms with Crippen molar-refractivity contribution in [3.63, 3.8) is 0 Å². The molecule has 0 saturated carbocycles. The van der Waals surface area contributed by atoms with Gasteiger partial charge in [-0.05, 0) is 53.9 Å². The van der Waals surface area contributed by atoms with Crippen LogP contribution < -0.4 is 10.5 Å². The molecular formula is C28H23N3O. The number of para-hydroxylation sites is 1. The molecule has 3 aromatic carbocycles. The van der Waals surface area contributed by atoms with E-state index in [9.17, 15) is 0 Å². The van der Waals surface area contributed by atoms with Crippen molar-refractivity contribution in [3.8, 4) is 22.8 Å². The number of rotatable bonds is 5. The van der Waals surface area contributed by atoms with Crippen LogP contribution in [-0.4, -0.2) is 9.97 Å². The lowest BCUT2D eigenvalue weighted by molar-refractivity contribution is 0.463. The maximum absolute atomic E-state index is 6.36. The molecule has 2 N–H and O–H groups in total. The number of hydrogen-bond acceptors (Lipinski definition) is 4. The third kappa shape index (κ3) is 4.16. The molecule has 0 aliphatic heterocycles. The molecule has 0 bridgehead atoms. The Labute approximate surface area is 187 Å². The normalized spacial score (nSPS) is 10.9. The molecule has 0 fully saturated rings. The number of hydrogen-bond donors (Lipinski definition) is 1. The molecule has 4 nitrogen and oxygen atoms in total. The minimum Gasteiger partial charge on any atom is -0.439 e. The molecule has 156 valence electrons. The summed E-state index contributed by atoms with van der Waals surface area (Å²) in [5.74, 6) is 1.33. The van der Waals surface area contributed by atoms with Gasteiger partial charge in [-0.15, -0.1) is 0 Å². The van der Waals surface area contributed by atoms with E-state index < -0.39 is 0 Å². The van der Waals surface area contributed by atoms with Gasteiger partial charge in [0.15, 0.2) is 0 Å². The Hall–Kier alpha value is -4.18. The highest BCUT2D eigenvalue weighted by atomic mass is 16.5. The van der Waals surface area contributed by atoms with E-state index in [2.05, 4.69) is 53.3 Å². The number of nitrogens with two attached hydrogens (primary N) is 1. The first-order valence-electron chi connectivity index (χ1n) is 10.6. The van der Waals surface area contributed by atoms with Crippen LogP contribution in [0.3, 0.4) is 0 Å². The van der Waals surface area contributed by atoms with Crippen LogP contribution in [0.5, 0.6) is 11.6 Å². The van der Waals surface area contributed by atoms with Crippen molar-refractivity contribution in [3.05, 3.63) is 114 Å². The van der Waals surface area contributed by atoms with E-state index in [1.807, 2.05) is 54.7 Å². The Morgan fingerprint density at radius 2 is 1.62 bits per heavy atom. The highest BCUT2D eigenvalue weighted by Gasteiger charge is 2.10. The lowest BCUT2D eigenvalue weighted by atomic mass is 9.96. The van der Waals surface area contributed by atoms with Gasteiger partial charge < -0.3 is 10.5 Å². The molecule has 5 rings (SSSR count). The first-order valence-corrected chi connectivity index (χ1v) is 10.6. The SMILES string of the molecule is Cc1cccc(Cc2c(N)cnc3ccc(-c4ccc(Oc5ccccc5)nc4)cc23)c1. The second-order valence-corrected chi connectivity index (χ2v) is 7.89. The van der Waals surface area contributed by atoms with Crippen molar-refractivity contribution in [1.82, 2.24) is 9.97 Å². The summed E-state index contributed by atoms with van der Waals surface area (Å²) >= 11 is 0. The second kappa shape index (κ2) is 8.52. The summed E-state index contributed by atoms with van der Waals surface area (Å²) in [6.45, 7) is 2.10. The Kier molecular flexibility index (Phi) is 5.26. The number of aromatic nitrogens is 2. The van der Waals surface area contributed by atoms with Crippen LogP contribution in [0.1, 0.15) is 16.7 Å². The van der Waals surface area contributed by atoms with Gasteiger partial charge in [0.25, 0.3) is 0 Å². The van der Waals surface area contributed by atoms with Crippen molar-refractivity contribution in [2.75, 3.05) is 5.73 Å². The molecule has 0 aliphatic carbocycles. The maximum Gasteiger partial charge on any atom is 0.219 e. The van der Waals surface area contributed by atoms with Crippen LogP contribution in [-0.2, 0) is 6.42 Å². The molecule has 0 atom stereocenters. The highest BCUT2D eigenvalue weighted by Crippen LogP contribution is 2.30. The smallest absolute Gasteiger partial charge is 0.219 e. The van der Waals surface area contributed by atoms with Gasteiger partial charge in [0.05, 0.1) is 17.4 Å². The van der Waals surface area contributed by atoms with Crippen LogP contribution in [0, 0.1) is 6.92 Å². The molecule has 4 heteroatoms. The van der Waals surface area contributed by atoms with Crippen LogP contribution in [0.15, 0.2) is 97.3 Å². The summed E-state index contributed by atoms with van der Waals surface area (Å²) in [6.07, 6.45) is 4.35. The third-order valence-corrected chi connectivity index (χ3v) is 5.51. The Balaban J connectivity index is 1.48. The zero-order valence-electron chi connectivity index (χ0n) is 17.8. The average molecular weight is 418 g/mol. The maximum atomic E-state index is 6.36. The van der Waals surface area contributed by atoms with Gasteiger partial charge in [0.2, 0.25) is 5.88 Å². The number of ether oxygens (including phenoxy) is 1. The topological polar surface area (TPSA) is 61.0 Å². The van der Waals surface area contributed by atoms with E-state index >= 15 is 0 Å². The molecule has 0 saturated heterocycles. The highest BCUT2D eigenvalue weighted by molar-refractivity contribution is 5.90. The van der Waals surface area contributed by atoms with E-state index in [1.54, 1.807) is 6.20 Å². The molecule has 0 spiro atoms. The number of benzene rings is 3. The molecule has 0 amide bonds. The summed E-state index contributed by atoms with van der Waals surface area (Å²) < 4.78 is 5.81. The first-order chi connectivity index (χ1) is 15.7. The number of anilines is 1. The van der Waals surface area contributed by atoms with Crippen LogP contribution in [0.25, 0.3) is 22.0 Å². The molecule has 0 radical (unpaired) electrons. The van der Waals surface area contributed by atoms with Gasteiger partial charge in [-0.25, -0.2) is 4.98 Å². The first kappa shape index (κ1) is 19.8. The molecular weight excluding hydrogens is 394 g/mol. The molecule has 0 aliphatic rings. The van der Waals surface area contributed by atoms with Crippen LogP contribution in [0.4, 0.5) is 5.69 Å². The minimum absolute atomic E-state index is 0.562. The lowest BCUT2D eigenvalue weighted by Crippen LogP contribution is -1.99. The van der Waals surface area contributed by atoms with Crippen LogP contribution >= 0.6 is 0 Å². The largest absolute Gasteiger partial charge is 0.439 e. The van der Waals surface area contributed by atoms with Gasteiger partial charge in [0, 0.05) is 29.6 Å². The van der Waals surface area contributed by atoms with E-state index in [0.717, 1.165) is 39.8 Å². The van der Waals surface area contributed by atoms with Crippen molar-refractivity contribution in [2.45, 2.75) is 13.3 Å². The Morgan fingerprint density at radius 3 is 2.41 bits per heavy atom. The zero-order valence-corrected chi connectivity index (χ0v) is 17.8. The number of nitrogen functional groups attached to an aromatic ring is 1. The van der Waals surface area contributed by atoms with E-state index in [4.69, 9.17) is 10.5 Å². The van der Waals surface area contributed by atoms with Gasteiger partial charge in [-0.1, -0.05) is 54.1 Å². The zero-order chi connectivity index (χ0) is 21.9. The number of nitrogens with zero attached hydrogens (tertiary/aromatic N) is 2. The van der Waals surface area contributed by atoms with Crippen molar-refractivity contribution in [1.29, 1.82) is 0 Å². The average Bonchev–Trinajstić information content (AvgIpc) is 2.82. The van der Waals surface area contributed by atoms with Gasteiger partial charge >= 0.3 is 0 Å². The van der Waals surface area contributed by atoms with E-state index in [0.29, 0.717) is 11.6 Å². The number of aryl methyl sites for hydroxylation is 1. The number of pyridine rings is 2. The minimum atomic E-state index is 0.562. The van der Waals surface area contributed by atoms with Crippen molar-refractivity contribution >= 4 is 16.6 Å². The van der Waals surface area contributed by atoms with Crippen molar-refractivity contribution < 1.29 is 4.74 Å². The molecule has 2 heterocycles. The standard InChI is InChI=1S/C28H23N3O/c1-19-6-5-7-20(14-19)15-24-25-16-21(10-12-27(25)30-18-26(24)29)22-11-13-28(31-17-22)32-23-8-3-2-4-9-23/h2-14,16-18H,15,29H2,1H3.